The predicted octanol–water partition coefficient (Wildman–Crippen LogP) is 4.45. The van der Waals surface area contributed by atoms with Crippen LogP contribution in [0.15, 0.2) is 91.0 Å². The highest BCUT2D eigenvalue weighted by molar-refractivity contribution is 6.99. The highest BCUT2D eigenvalue weighted by atomic mass is 28.4. The summed E-state index contributed by atoms with van der Waals surface area (Å²) in [6.07, 6.45) is -0.954. The van der Waals surface area contributed by atoms with E-state index in [9.17, 15) is 9.59 Å². The van der Waals surface area contributed by atoms with Crippen LogP contribution in [-0.2, 0) is 25.3 Å². The van der Waals surface area contributed by atoms with Crippen LogP contribution < -0.4 is 15.7 Å². The van der Waals surface area contributed by atoms with Crippen molar-refractivity contribution in [3.8, 4) is 0 Å². The fourth-order valence-corrected chi connectivity index (χ4v) is 9.27. The third-order valence-electron chi connectivity index (χ3n) is 6.36. The van der Waals surface area contributed by atoms with E-state index in [-0.39, 0.29) is 23.5 Å². The van der Waals surface area contributed by atoms with Crippen LogP contribution in [0.3, 0.4) is 0 Å². The molecule has 0 fully saturated rings. The summed E-state index contributed by atoms with van der Waals surface area (Å²) in [5, 5.41) is 5.04. The molecule has 190 valence electrons. The number of carbonyl (C=O) groups excluding carboxylic acids is 2. The number of benzene rings is 3. The van der Waals surface area contributed by atoms with Crippen molar-refractivity contribution in [3.05, 3.63) is 96.6 Å². The maximum atomic E-state index is 13.1. The van der Waals surface area contributed by atoms with Crippen LogP contribution >= 0.6 is 0 Å². The Balaban J connectivity index is 1.88. The summed E-state index contributed by atoms with van der Waals surface area (Å²) in [7, 11) is -2.78. The molecule has 0 radical (unpaired) electrons. The quantitative estimate of drug-likeness (QED) is 0.328. The lowest BCUT2D eigenvalue weighted by molar-refractivity contribution is -0.157. The highest BCUT2D eigenvalue weighted by Gasteiger charge is 2.50. The molecule has 0 heterocycles. The first-order valence-electron chi connectivity index (χ1n) is 12.4. The Labute approximate surface area is 216 Å². The van der Waals surface area contributed by atoms with Gasteiger partial charge in [0.1, 0.15) is 0 Å². The van der Waals surface area contributed by atoms with Gasteiger partial charge in [0.2, 0.25) is 0 Å². The van der Waals surface area contributed by atoms with Gasteiger partial charge in [-0.25, -0.2) is 0 Å². The van der Waals surface area contributed by atoms with Crippen molar-refractivity contribution in [2.24, 2.45) is 5.92 Å². The number of amides is 1. The van der Waals surface area contributed by atoms with Gasteiger partial charge in [0.15, 0.2) is 6.10 Å². The van der Waals surface area contributed by atoms with Gasteiger partial charge in [-0.2, -0.15) is 0 Å². The van der Waals surface area contributed by atoms with Gasteiger partial charge in [-0.3, -0.25) is 9.59 Å². The summed E-state index contributed by atoms with van der Waals surface area (Å²) in [5.74, 6) is -1.17. The van der Waals surface area contributed by atoms with E-state index in [1.54, 1.807) is 0 Å². The summed E-state index contributed by atoms with van der Waals surface area (Å²) < 4.78 is 12.5. The van der Waals surface area contributed by atoms with Crippen LogP contribution in [0.4, 0.5) is 0 Å². The van der Waals surface area contributed by atoms with Crippen LogP contribution in [0.5, 0.6) is 0 Å². The van der Waals surface area contributed by atoms with Gasteiger partial charge in [0.05, 0.1) is 0 Å². The van der Waals surface area contributed by atoms with E-state index in [0.29, 0.717) is 6.54 Å². The van der Waals surface area contributed by atoms with Crippen molar-refractivity contribution in [1.29, 1.82) is 0 Å². The van der Waals surface area contributed by atoms with E-state index >= 15 is 0 Å². The largest absolute Gasteiger partial charge is 0.452 e. The zero-order chi connectivity index (χ0) is 26.2. The van der Waals surface area contributed by atoms with Gasteiger partial charge in [-0.05, 0) is 21.0 Å². The SMILES string of the molecule is CC(=O)OC(C(=O)NCc1ccccc1)[C@H](C)CO[Si](c1ccccc1)(c1ccccc1)C(C)(C)C. The Hall–Kier alpha value is -3.22. The summed E-state index contributed by atoms with van der Waals surface area (Å²) in [5.41, 5.74) is 0.976. The van der Waals surface area contributed by atoms with Crippen LogP contribution in [0.1, 0.15) is 40.2 Å². The smallest absolute Gasteiger partial charge is 0.303 e. The number of esters is 1. The fourth-order valence-electron chi connectivity index (χ4n) is 4.60. The molecule has 2 atom stereocenters. The molecule has 0 aliphatic rings. The molecule has 3 aromatic carbocycles. The Morgan fingerprint density at radius 2 is 1.31 bits per heavy atom. The Kier molecular flexibility index (Phi) is 9.23. The summed E-state index contributed by atoms with van der Waals surface area (Å²) in [6, 6.07) is 30.3. The van der Waals surface area contributed by atoms with E-state index in [2.05, 4.69) is 50.4 Å². The lowest BCUT2D eigenvalue weighted by atomic mass is 10.1. The van der Waals surface area contributed by atoms with Crippen molar-refractivity contribution in [2.45, 2.75) is 52.3 Å². The number of ether oxygens (including phenoxy) is 1. The Bertz CT molecular complexity index is 1070. The topological polar surface area (TPSA) is 64.6 Å². The Morgan fingerprint density at radius 3 is 1.75 bits per heavy atom. The minimum Gasteiger partial charge on any atom is -0.452 e. The molecular formula is C30H37NO4Si. The van der Waals surface area contributed by atoms with Gasteiger partial charge in [0.25, 0.3) is 14.2 Å². The van der Waals surface area contributed by atoms with Crippen molar-refractivity contribution in [3.63, 3.8) is 0 Å². The van der Waals surface area contributed by atoms with E-state index in [1.807, 2.05) is 73.7 Å². The number of carbonyl (C=O) groups is 2. The molecule has 6 heteroatoms. The number of hydrogen-bond acceptors (Lipinski definition) is 4. The maximum absolute atomic E-state index is 13.1. The molecule has 0 saturated carbocycles. The summed E-state index contributed by atoms with van der Waals surface area (Å²) in [4.78, 5) is 25.0. The molecule has 0 aliphatic heterocycles. The first-order valence-corrected chi connectivity index (χ1v) is 14.3. The van der Waals surface area contributed by atoms with E-state index in [0.717, 1.165) is 15.9 Å². The van der Waals surface area contributed by atoms with Crippen LogP contribution in [0.2, 0.25) is 5.04 Å². The average Bonchev–Trinajstić information content (AvgIpc) is 2.87. The minimum atomic E-state index is -2.78. The second kappa shape index (κ2) is 12.1. The van der Waals surface area contributed by atoms with E-state index in [4.69, 9.17) is 9.16 Å². The zero-order valence-electron chi connectivity index (χ0n) is 21.9. The standard InChI is InChI=1S/C30H37NO4Si/c1-23(28(35-24(2)32)29(33)31-21-25-15-9-6-10-16-25)22-34-36(30(3,4)5,26-17-11-7-12-18-26)27-19-13-8-14-20-27/h6-20,23,28H,21-22H2,1-5H3,(H,31,33)/t23-,28?/m1/s1. The van der Waals surface area contributed by atoms with Crippen molar-refractivity contribution in [1.82, 2.24) is 5.32 Å². The first kappa shape index (κ1) is 27.4. The molecule has 5 nitrogen and oxygen atoms in total. The van der Waals surface area contributed by atoms with Crippen molar-refractivity contribution in [2.75, 3.05) is 6.61 Å². The van der Waals surface area contributed by atoms with Gasteiger partial charge >= 0.3 is 5.97 Å². The average molecular weight is 504 g/mol. The second-order valence-electron chi connectivity index (χ2n) is 10.2. The Morgan fingerprint density at radius 1 is 0.833 bits per heavy atom. The summed E-state index contributed by atoms with van der Waals surface area (Å²) >= 11 is 0. The van der Waals surface area contributed by atoms with Crippen LogP contribution in [0.25, 0.3) is 0 Å². The molecule has 3 rings (SSSR count). The first-order chi connectivity index (χ1) is 17.1. The van der Waals surface area contributed by atoms with Gasteiger partial charge in [-0.1, -0.05) is 119 Å². The molecule has 1 unspecified atom stereocenters. The predicted molar refractivity (Wildman–Crippen MR) is 147 cm³/mol. The van der Waals surface area contributed by atoms with E-state index < -0.39 is 20.4 Å². The monoisotopic (exact) mass is 503 g/mol. The van der Waals surface area contributed by atoms with Crippen LogP contribution in [-0.4, -0.2) is 32.9 Å². The van der Waals surface area contributed by atoms with Gasteiger partial charge < -0.3 is 14.5 Å². The van der Waals surface area contributed by atoms with Crippen molar-refractivity contribution < 1.29 is 18.8 Å². The molecule has 0 spiro atoms. The number of nitrogens with one attached hydrogen (secondary N) is 1. The lowest BCUT2D eigenvalue weighted by Gasteiger charge is -2.43. The van der Waals surface area contributed by atoms with E-state index in [1.165, 1.54) is 6.92 Å². The van der Waals surface area contributed by atoms with Crippen molar-refractivity contribution >= 4 is 30.6 Å². The molecular weight excluding hydrogens is 466 g/mol. The lowest BCUT2D eigenvalue weighted by Crippen LogP contribution is -2.67. The molecule has 0 aliphatic carbocycles. The molecule has 0 saturated heterocycles. The fraction of sp³-hybridized carbons (Fsp3) is 0.333. The summed E-state index contributed by atoms with van der Waals surface area (Å²) in [6.45, 7) is 10.5. The molecule has 0 aromatic heterocycles. The number of hydrogen-bond donors (Lipinski definition) is 1. The molecule has 36 heavy (non-hydrogen) atoms. The van der Waals surface area contributed by atoms with Crippen LogP contribution in [0, 0.1) is 5.92 Å². The number of rotatable bonds is 10. The highest BCUT2D eigenvalue weighted by Crippen LogP contribution is 2.37. The molecule has 1 N–H and O–H groups in total. The third-order valence-corrected chi connectivity index (χ3v) is 11.4. The third kappa shape index (κ3) is 6.50. The van der Waals surface area contributed by atoms with Gasteiger partial charge in [0, 0.05) is 26.0 Å². The zero-order valence-corrected chi connectivity index (χ0v) is 22.9. The minimum absolute atomic E-state index is 0.193. The normalized spacial score (nSPS) is 13.5. The molecule has 0 bridgehead atoms. The molecule has 3 aromatic rings. The second-order valence-corrected chi connectivity index (χ2v) is 14.5. The molecule has 1 amide bonds. The van der Waals surface area contributed by atoms with Gasteiger partial charge in [-0.15, -0.1) is 0 Å². The maximum Gasteiger partial charge on any atom is 0.303 e.